The summed E-state index contributed by atoms with van der Waals surface area (Å²) in [6.45, 7) is 0.436. The minimum Gasteiger partial charge on any atom is -0.207 e. The number of sulfonamides is 1. The molecule has 1 aliphatic heterocycles. The minimum atomic E-state index is -3.74. The fraction of sp³-hybridized carbons (Fsp3) is 0.174. The highest BCUT2D eigenvalue weighted by Gasteiger charge is 2.36. The second kappa shape index (κ2) is 8.05. The van der Waals surface area contributed by atoms with Gasteiger partial charge in [-0.15, -0.1) is 5.10 Å². The fourth-order valence-electron chi connectivity index (χ4n) is 4.17. The molecule has 1 aromatic heterocycles. The summed E-state index contributed by atoms with van der Waals surface area (Å²) < 4.78 is 30.7. The molecule has 156 valence electrons. The second-order valence-electron chi connectivity index (χ2n) is 7.52. The van der Waals surface area contributed by atoms with Gasteiger partial charge in [-0.2, -0.15) is 4.31 Å². The van der Waals surface area contributed by atoms with E-state index in [9.17, 15) is 8.42 Å². The van der Waals surface area contributed by atoms with Crippen molar-refractivity contribution in [1.29, 1.82) is 0 Å². The van der Waals surface area contributed by atoms with Gasteiger partial charge in [0.15, 0.2) is 0 Å². The van der Waals surface area contributed by atoms with Gasteiger partial charge in [0.25, 0.3) is 0 Å². The monoisotopic (exact) mass is 431 g/mol. The molecule has 2 heterocycles. The number of rotatable bonds is 5. The van der Waals surface area contributed by atoms with Crippen LogP contribution in [0.15, 0.2) is 90.1 Å². The van der Waals surface area contributed by atoms with Crippen LogP contribution in [0.5, 0.6) is 0 Å². The SMILES string of the molecule is O=S(=O)(c1cccc(-n2cnnn2)c1)N1CCc2ccccc2C1Cc1ccccc1. The van der Waals surface area contributed by atoms with Gasteiger partial charge >= 0.3 is 0 Å². The molecule has 0 spiro atoms. The molecule has 5 rings (SSSR count). The van der Waals surface area contributed by atoms with E-state index < -0.39 is 10.0 Å². The van der Waals surface area contributed by atoms with E-state index in [2.05, 4.69) is 21.6 Å². The lowest BCUT2D eigenvalue weighted by Crippen LogP contribution is -2.41. The van der Waals surface area contributed by atoms with Crippen LogP contribution >= 0.6 is 0 Å². The van der Waals surface area contributed by atoms with Gasteiger partial charge in [-0.05, 0) is 58.2 Å². The molecule has 0 amide bonds. The predicted octanol–water partition coefficient (Wildman–Crippen LogP) is 3.19. The molecule has 31 heavy (non-hydrogen) atoms. The molecule has 8 heteroatoms. The molecule has 0 bridgehead atoms. The van der Waals surface area contributed by atoms with E-state index in [4.69, 9.17) is 0 Å². The van der Waals surface area contributed by atoms with Crippen LogP contribution < -0.4 is 0 Å². The summed E-state index contributed by atoms with van der Waals surface area (Å²) in [7, 11) is -3.74. The zero-order valence-electron chi connectivity index (χ0n) is 16.7. The molecule has 0 radical (unpaired) electrons. The summed E-state index contributed by atoms with van der Waals surface area (Å²) in [6, 6.07) is 24.6. The van der Waals surface area contributed by atoms with Crippen LogP contribution in [-0.4, -0.2) is 39.5 Å². The van der Waals surface area contributed by atoms with Gasteiger partial charge in [-0.3, -0.25) is 0 Å². The van der Waals surface area contributed by atoms with Gasteiger partial charge in [0.05, 0.1) is 16.6 Å². The van der Waals surface area contributed by atoms with Gasteiger partial charge in [-0.25, -0.2) is 13.1 Å². The van der Waals surface area contributed by atoms with Gasteiger partial charge in [0.1, 0.15) is 6.33 Å². The summed E-state index contributed by atoms with van der Waals surface area (Å²) >= 11 is 0. The van der Waals surface area contributed by atoms with Crippen LogP contribution in [-0.2, 0) is 22.9 Å². The first kappa shape index (κ1) is 19.6. The Hall–Kier alpha value is -3.36. The number of nitrogens with zero attached hydrogens (tertiary/aromatic N) is 5. The van der Waals surface area contributed by atoms with Crippen LogP contribution in [0.3, 0.4) is 0 Å². The maximum atomic E-state index is 13.8. The van der Waals surface area contributed by atoms with Gasteiger partial charge in [0, 0.05) is 6.54 Å². The molecular weight excluding hydrogens is 410 g/mol. The van der Waals surface area contributed by atoms with Gasteiger partial charge in [0.2, 0.25) is 10.0 Å². The third-order valence-electron chi connectivity index (χ3n) is 5.67. The Labute approximate surface area is 181 Å². The molecule has 0 saturated heterocycles. The quantitative estimate of drug-likeness (QED) is 0.485. The van der Waals surface area contributed by atoms with Crippen LogP contribution in [0.25, 0.3) is 5.69 Å². The van der Waals surface area contributed by atoms with Crippen molar-refractivity contribution in [2.45, 2.75) is 23.8 Å². The van der Waals surface area contributed by atoms with Gasteiger partial charge in [-0.1, -0.05) is 60.7 Å². The zero-order chi connectivity index (χ0) is 21.3. The fourth-order valence-corrected chi connectivity index (χ4v) is 5.81. The predicted molar refractivity (Wildman–Crippen MR) is 116 cm³/mol. The molecule has 0 saturated carbocycles. The first-order valence-electron chi connectivity index (χ1n) is 10.1. The lowest BCUT2D eigenvalue weighted by molar-refractivity contribution is 0.306. The van der Waals surface area contributed by atoms with Crippen molar-refractivity contribution in [2.75, 3.05) is 6.54 Å². The van der Waals surface area contributed by atoms with Crippen molar-refractivity contribution in [2.24, 2.45) is 0 Å². The summed E-state index contributed by atoms with van der Waals surface area (Å²) in [5.74, 6) is 0. The molecule has 4 aromatic rings. The van der Waals surface area contributed by atoms with Crippen molar-refractivity contribution in [3.05, 3.63) is 102 Å². The number of hydrogen-bond donors (Lipinski definition) is 0. The standard InChI is InChI=1S/C23H21N5O2S/c29-31(30,21-11-6-10-20(16-21)27-17-24-25-26-27)28-14-13-19-9-4-5-12-22(19)23(28)15-18-7-2-1-3-8-18/h1-12,16-17,23H,13-15H2. The van der Waals surface area contributed by atoms with E-state index in [1.165, 1.54) is 16.6 Å². The first-order valence-corrected chi connectivity index (χ1v) is 11.5. The Morgan fingerprint density at radius 3 is 2.55 bits per heavy atom. The lowest BCUT2D eigenvalue weighted by Gasteiger charge is -2.36. The van der Waals surface area contributed by atoms with Crippen molar-refractivity contribution in [3.63, 3.8) is 0 Å². The van der Waals surface area contributed by atoms with Crippen LogP contribution in [0, 0.1) is 0 Å². The number of benzene rings is 3. The molecule has 1 atom stereocenters. The normalized spacial score (nSPS) is 16.7. The van der Waals surface area contributed by atoms with Crippen molar-refractivity contribution in [1.82, 2.24) is 24.5 Å². The Kier molecular flexibility index (Phi) is 5.09. The van der Waals surface area contributed by atoms with E-state index in [0.717, 1.165) is 11.1 Å². The average Bonchev–Trinajstić information content (AvgIpc) is 3.35. The van der Waals surface area contributed by atoms with Crippen molar-refractivity contribution >= 4 is 10.0 Å². The van der Waals surface area contributed by atoms with E-state index in [-0.39, 0.29) is 10.9 Å². The molecule has 7 nitrogen and oxygen atoms in total. The van der Waals surface area contributed by atoms with E-state index in [1.54, 1.807) is 28.6 Å². The maximum Gasteiger partial charge on any atom is 0.243 e. The topological polar surface area (TPSA) is 81.0 Å². The highest BCUT2D eigenvalue weighted by molar-refractivity contribution is 7.89. The molecule has 0 fully saturated rings. The first-order chi connectivity index (χ1) is 15.1. The number of hydrogen-bond acceptors (Lipinski definition) is 5. The summed E-state index contributed by atoms with van der Waals surface area (Å²) in [5, 5.41) is 11.1. The molecular formula is C23H21N5O2S. The lowest BCUT2D eigenvalue weighted by atomic mass is 9.90. The number of fused-ring (bicyclic) bond motifs is 1. The Morgan fingerprint density at radius 1 is 0.935 bits per heavy atom. The average molecular weight is 432 g/mol. The third-order valence-corrected chi connectivity index (χ3v) is 7.58. The summed E-state index contributed by atoms with van der Waals surface area (Å²) in [6.07, 6.45) is 2.75. The summed E-state index contributed by atoms with van der Waals surface area (Å²) in [4.78, 5) is 0.234. The Morgan fingerprint density at radius 2 is 1.74 bits per heavy atom. The van der Waals surface area contributed by atoms with Crippen LogP contribution in [0.4, 0.5) is 0 Å². The van der Waals surface area contributed by atoms with Crippen LogP contribution in [0.1, 0.15) is 22.7 Å². The van der Waals surface area contributed by atoms with Crippen molar-refractivity contribution in [3.8, 4) is 5.69 Å². The Bertz CT molecular complexity index is 1290. The molecule has 1 unspecified atom stereocenters. The van der Waals surface area contributed by atoms with E-state index in [0.29, 0.717) is 25.1 Å². The van der Waals surface area contributed by atoms with E-state index in [1.807, 2.05) is 48.5 Å². The molecule has 1 aliphatic rings. The van der Waals surface area contributed by atoms with Crippen molar-refractivity contribution < 1.29 is 8.42 Å². The highest BCUT2D eigenvalue weighted by atomic mass is 32.2. The number of aromatic nitrogens is 4. The minimum absolute atomic E-state index is 0.234. The van der Waals surface area contributed by atoms with Crippen LogP contribution in [0.2, 0.25) is 0 Å². The third kappa shape index (κ3) is 3.75. The largest absolute Gasteiger partial charge is 0.243 e. The van der Waals surface area contributed by atoms with E-state index >= 15 is 0 Å². The zero-order valence-corrected chi connectivity index (χ0v) is 17.6. The molecule has 0 aliphatic carbocycles. The second-order valence-corrected chi connectivity index (χ2v) is 9.41. The smallest absolute Gasteiger partial charge is 0.207 e. The molecule has 3 aromatic carbocycles. The highest BCUT2D eigenvalue weighted by Crippen LogP contribution is 2.36. The summed E-state index contributed by atoms with van der Waals surface area (Å²) in [5.41, 5.74) is 3.98. The Balaban J connectivity index is 1.56. The van der Waals surface area contributed by atoms with Gasteiger partial charge < -0.3 is 0 Å². The molecule has 0 N–H and O–H groups in total. The maximum absolute atomic E-state index is 13.8. The number of tetrazole rings is 1.